The number of hydrogen-bond acceptors (Lipinski definition) is 1. The van der Waals surface area contributed by atoms with Crippen LogP contribution in [-0.2, 0) is 0 Å². The van der Waals surface area contributed by atoms with Crippen LogP contribution in [0.4, 0.5) is 4.39 Å². The highest BCUT2D eigenvalue weighted by Crippen LogP contribution is 2.29. The van der Waals surface area contributed by atoms with E-state index < -0.39 is 0 Å². The van der Waals surface area contributed by atoms with Gasteiger partial charge < -0.3 is 0 Å². The summed E-state index contributed by atoms with van der Waals surface area (Å²) in [6.07, 6.45) is 0. The van der Waals surface area contributed by atoms with Crippen molar-refractivity contribution < 1.29 is 4.39 Å². The molecule has 3 heteroatoms. The van der Waals surface area contributed by atoms with Crippen molar-refractivity contribution in [2.75, 3.05) is 0 Å². The van der Waals surface area contributed by atoms with Gasteiger partial charge in [-0.3, -0.25) is 0 Å². The molecule has 0 saturated heterocycles. The van der Waals surface area contributed by atoms with Crippen molar-refractivity contribution in [3.05, 3.63) is 84.7 Å². The normalized spacial score (nSPS) is 11.0. The largest absolute Gasteiger partial charge is 0.232 e. The molecule has 3 aromatic carbocycles. The van der Waals surface area contributed by atoms with Crippen molar-refractivity contribution >= 4 is 10.9 Å². The van der Waals surface area contributed by atoms with E-state index in [4.69, 9.17) is 5.10 Å². The van der Waals surface area contributed by atoms with Crippen molar-refractivity contribution in [3.8, 4) is 16.9 Å². The first kappa shape index (κ1) is 12.8. The molecule has 0 atom stereocenters. The molecule has 0 fully saturated rings. The van der Waals surface area contributed by atoms with Crippen LogP contribution in [0.15, 0.2) is 78.9 Å². The van der Waals surface area contributed by atoms with Crippen LogP contribution in [0.2, 0.25) is 0 Å². The minimum atomic E-state index is -0.240. The zero-order chi connectivity index (χ0) is 14.9. The quantitative estimate of drug-likeness (QED) is 0.516. The fraction of sp³-hybridized carbons (Fsp3) is 0. The molecular weight excluding hydrogens is 275 g/mol. The number of para-hydroxylation sites is 2. The van der Waals surface area contributed by atoms with Gasteiger partial charge in [-0.1, -0.05) is 36.4 Å². The lowest BCUT2D eigenvalue weighted by Crippen LogP contribution is -1.95. The van der Waals surface area contributed by atoms with Gasteiger partial charge in [-0.05, 0) is 42.5 Å². The monoisotopic (exact) mass is 288 g/mol. The minimum absolute atomic E-state index is 0.240. The highest BCUT2D eigenvalue weighted by atomic mass is 19.1. The predicted octanol–water partition coefficient (Wildman–Crippen LogP) is 4.83. The topological polar surface area (TPSA) is 17.8 Å². The number of rotatable bonds is 2. The minimum Gasteiger partial charge on any atom is -0.232 e. The molecule has 0 N–H and O–H groups in total. The third-order valence-corrected chi connectivity index (χ3v) is 3.71. The van der Waals surface area contributed by atoms with Crippen LogP contribution < -0.4 is 0 Å². The van der Waals surface area contributed by atoms with Crippen LogP contribution in [0.5, 0.6) is 0 Å². The van der Waals surface area contributed by atoms with Gasteiger partial charge in [0.2, 0.25) is 0 Å². The number of halogens is 1. The second kappa shape index (κ2) is 5.11. The fourth-order valence-corrected chi connectivity index (χ4v) is 2.65. The average molecular weight is 288 g/mol. The first-order valence-corrected chi connectivity index (χ1v) is 7.12. The Morgan fingerprint density at radius 2 is 1.41 bits per heavy atom. The Bertz CT molecular complexity index is 925. The van der Waals surface area contributed by atoms with Gasteiger partial charge >= 0.3 is 0 Å². The van der Waals surface area contributed by atoms with Crippen molar-refractivity contribution in [2.24, 2.45) is 0 Å². The summed E-state index contributed by atoms with van der Waals surface area (Å²) in [6, 6.07) is 24.5. The maximum absolute atomic E-state index is 13.2. The van der Waals surface area contributed by atoms with Gasteiger partial charge in [0.05, 0.1) is 11.2 Å². The summed E-state index contributed by atoms with van der Waals surface area (Å²) in [6.45, 7) is 0. The number of fused-ring (bicyclic) bond motifs is 1. The number of aromatic nitrogens is 2. The summed E-state index contributed by atoms with van der Waals surface area (Å²) in [5.41, 5.74) is 3.81. The lowest BCUT2D eigenvalue weighted by atomic mass is 10.1. The molecule has 1 aromatic heterocycles. The maximum Gasteiger partial charge on any atom is 0.123 e. The summed E-state index contributed by atoms with van der Waals surface area (Å²) >= 11 is 0. The van der Waals surface area contributed by atoms with Gasteiger partial charge in [-0.25, -0.2) is 9.07 Å². The molecule has 0 aliphatic rings. The second-order valence-corrected chi connectivity index (χ2v) is 5.12. The molecule has 0 aliphatic heterocycles. The molecule has 0 unspecified atom stereocenters. The Labute approximate surface area is 127 Å². The molecule has 22 heavy (non-hydrogen) atoms. The molecule has 0 saturated carbocycles. The predicted molar refractivity (Wildman–Crippen MR) is 86.5 cm³/mol. The Morgan fingerprint density at radius 3 is 2.18 bits per heavy atom. The molecule has 0 spiro atoms. The molecule has 4 aromatic rings. The third-order valence-electron chi connectivity index (χ3n) is 3.71. The number of benzene rings is 3. The van der Waals surface area contributed by atoms with E-state index >= 15 is 0 Å². The molecular formula is C19H13FN2. The van der Waals surface area contributed by atoms with Crippen molar-refractivity contribution in [3.63, 3.8) is 0 Å². The van der Waals surface area contributed by atoms with Crippen LogP contribution >= 0.6 is 0 Å². The molecule has 0 amide bonds. The molecule has 106 valence electrons. The molecule has 1 heterocycles. The van der Waals surface area contributed by atoms with Crippen LogP contribution in [-0.4, -0.2) is 9.78 Å². The van der Waals surface area contributed by atoms with Gasteiger partial charge in [0.25, 0.3) is 0 Å². The van der Waals surface area contributed by atoms with E-state index in [0.29, 0.717) is 0 Å². The molecule has 0 radical (unpaired) electrons. The smallest absolute Gasteiger partial charge is 0.123 e. The van der Waals surface area contributed by atoms with E-state index in [9.17, 15) is 4.39 Å². The van der Waals surface area contributed by atoms with Gasteiger partial charge in [-0.15, -0.1) is 0 Å². The van der Waals surface area contributed by atoms with Gasteiger partial charge in [0.15, 0.2) is 0 Å². The lowest BCUT2D eigenvalue weighted by molar-refractivity contribution is 0.628. The zero-order valence-electron chi connectivity index (χ0n) is 11.8. The Kier molecular flexibility index (Phi) is 2.97. The molecule has 0 bridgehead atoms. The van der Waals surface area contributed by atoms with Crippen LogP contribution in [0.1, 0.15) is 0 Å². The lowest BCUT2D eigenvalue weighted by Gasteiger charge is -2.02. The summed E-state index contributed by atoms with van der Waals surface area (Å²) < 4.78 is 15.1. The summed E-state index contributed by atoms with van der Waals surface area (Å²) in [7, 11) is 0. The first-order chi connectivity index (χ1) is 10.8. The fourth-order valence-electron chi connectivity index (χ4n) is 2.65. The van der Waals surface area contributed by atoms with E-state index in [1.165, 1.54) is 12.1 Å². The Hall–Kier alpha value is -2.94. The van der Waals surface area contributed by atoms with E-state index in [-0.39, 0.29) is 5.82 Å². The molecule has 0 aliphatic carbocycles. The highest BCUT2D eigenvalue weighted by molar-refractivity contribution is 5.94. The third kappa shape index (κ3) is 2.07. The zero-order valence-corrected chi connectivity index (χ0v) is 11.8. The van der Waals surface area contributed by atoms with Crippen LogP contribution in [0.3, 0.4) is 0 Å². The van der Waals surface area contributed by atoms with Crippen LogP contribution in [0.25, 0.3) is 27.8 Å². The van der Waals surface area contributed by atoms with Gasteiger partial charge in [-0.2, -0.15) is 5.10 Å². The van der Waals surface area contributed by atoms with Crippen molar-refractivity contribution in [1.82, 2.24) is 9.78 Å². The summed E-state index contributed by atoms with van der Waals surface area (Å²) in [5, 5.41) is 5.81. The van der Waals surface area contributed by atoms with E-state index in [0.717, 1.165) is 27.8 Å². The van der Waals surface area contributed by atoms with Crippen molar-refractivity contribution in [1.29, 1.82) is 0 Å². The van der Waals surface area contributed by atoms with E-state index in [2.05, 4.69) is 0 Å². The standard InChI is InChI=1S/C19H13FN2/c20-15-12-10-14(11-13-15)19-17-8-4-5-9-18(17)22(21-19)16-6-2-1-3-7-16/h1-13H. The summed E-state index contributed by atoms with van der Waals surface area (Å²) in [5.74, 6) is -0.240. The number of hydrogen-bond donors (Lipinski definition) is 0. The van der Waals surface area contributed by atoms with E-state index in [1.54, 1.807) is 12.1 Å². The molecule has 2 nitrogen and oxygen atoms in total. The Balaban J connectivity index is 1.99. The Morgan fingerprint density at radius 1 is 0.727 bits per heavy atom. The highest BCUT2D eigenvalue weighted by Gasteiger charge is 2.12. The molecule has 4 rings (SSSR count). The average Bonchev–Trinajstić information content (AvgIpc) is 2.96. The van der Waals surface area contributed by atoms with E-state index in [1.807, 2.05) is 59.3 Å². The van der Waals surface area contributed by atoms with Crippen LogP contribution in [0, 0.1) is 5.82 Å². The van der Waals surface area contributed by atoms with Gasteiger partial charge in [0, 0.05) is 10.9 Å². The van der Waals surface area contributed by atoms with Gasteiger partial charge in [0.1, 0.15) is 11.5 Å². The maximum atomic E-state index is 13.2. The van der Waals surface area contributed by atoms with Crippen molar-refractivity contribution in [2.45, 2.75) is 0 Å². The summed E-state index contributed by atoms with van der Waals surface area (Å²) in [4.78, 5) is 0. The first-order valence-electron chi connectivity index (χ1n) is 7.12. The number of nitrogens with zero attached hydrogens (tertiary/aromatic N) is 2. The SMILES string of the molecule is Fc1ccc(-c2nn(-c3ccccc3)c3ccccc23)cc1. The second-order valence-electron chi connectivity index (χ2n) is 5.12.